The highest BCUT2D eigenvalue weighted by atomic mass is 16.5. The van der Waals surface area contributed by atoms with Crippen molar-refractivity contribution in [2.45, 2.75) is 129 Å². The van der Waals surface area contributed by atoms with Gasteiger partial charge in [-0.1, -0.05) is 103 Å². The van der Waals surface area contributed by atoms with E-state index in [-0.39, 0.29) is 12.4 Å². The highest BCUT2D eigenvalue weighted by molar-refractivity contribution is 5.78. The van der Waals surface area contributed by atoms with Crippen LogP contribution in [0.25, 0.3) is 0 Å². The SMILES string of the molecule is C=CCCCCCCCCCCCCCCCCCC(CC(=O)OCCC)C(=O)O. The number of hydrogen-bond donors (Lipinski definition) is 1. The lowest BCUT2D eigenvalue weighted by Crippen LogP contribution is -2.19. The first-order valence-electron chi connectivity index (χ1n) is 12.6. The maximum Gasteiger partial charge on any atom is 0.307 e. The number of ether oxygens (including phenoxy) is 1. The standard InChI is InChI=1S/C26H48O4/c1-3-5-6-7-8-9-10-11-12-13-14-15-16-17-18-19-20-21-24(26(28)29)23-25(27)30-22-4-2/h3,24H,1,4-23H2,2H3,(H,28,29). The van der Waals surface area contributed by atoms with Crippen LogP contribution in [-0.4, -0.2) is 23.7 Å². The van der Waals surface area contributed by atoms with Crippen molar-refractivity contribution in [3.63, 3.8) is 0 Å². The number of carbonyl (C=O) groups is 2. The van der Waals surface area contributed by atoms with Crippen molar-refractivity contribution < 1.29 is 19.4 Å². The van der Waals surface area contributed by atoms with Crippen molar-refractivity contribution in [1.29, 1.82) is 0 Å². The lowest BCUT2D eigenvalue weighted by Gasteiger charge is -2.11. The summed E-state index contributed by atoms with van der Waals surface area (Å²) in [6, 6.07) is 0. The summed E-state index contributed by atoms with van der Waals surface area (Å²) in [7, 11) is 0. The Morgan fingerprint density at radius 1 is 0.800 bits per heavy atom. The van der Waals surface area contributed by atoms with Crippen LogP contribution in [0.3, 0.4) is 0 Å². The van der Waals surface area contributed by atoms with Crippen LogP contribution in [0, 0.1) is 5.92 Å². The highest BCUT2D eigenvalue weighted by Crippen LogP contribution is 2.17. The zero-order valence-electron chi connectivity index (χ0n) is 19.7. The van der Waals surface area contributed by atoms with Gasteiger partial charge in [-0.05, 0) is 25.7 Å². The molecule has 0 amide bonds. The second-order valence-electron chi connectivity index (χ2n) is 8.63. The predicted molar refractivity (Wildman–Crippen MR) is 126 cm³/mol. The first-order valence-corrected chi connectivity index (χ1v) is 12.6. The molecule has 4 heteroatoms. The summed E-state index contributed by atoms with van der Waals surface area (Å²) >= 11 is 0. The van der Waals surface area contributed by atoms with Crippen molar-refractivity contribution in [1.82, 2.24) is 0 Å². The normalized spacial score (nSPS) is 11.9. The minimum Gasteiger partial charge on any atom is -0.481 e. The molecule has 1 unspecified atom stereocenters. The van der Waals surface area contributed by atoms with Gasteiger partial charge in [0.2, 0.25) is 0 Å². The fraction of sp³-hybridized carbons (Fsp3) is 0.846. The van der Waals surface area contributed by atoms with Gasteiger partial charge in [-0.25, -0.2) is 0 Å². The van der Waals surface area contributed by atoms with E-state index in [0.717, 1.165) is 19.3 Å². The fourth-order valence-corrected chi connectivity index (χ4v) is 3.77. The van der Waals surface area contributed by atoms with Crippen LogP contribution in [-0.2, 0) is 14.3 Å². The van der Waals surface area contributed by atoms with Gasteiger partial charge < -0.3 is 9.84 Å². The molecule has 176 valence electrons. The Balaban J connectivity index is 3.40. The molecule has 0 rings (SSSR count). The molecule has 0 aliphatic rings. The molecule has 0 heterocycles. The molecule has 0 aliphatic carbocycles. The van der Waals surface area contributed by atoms with Crippen LogP contribution in [0.5, 0.6) is 0 Å². The number of esters is 1. The topological polar surface area (TPSA) is 63.6 Å². The van der Waals surface area contributed by atoms with Crippen LogP contribution in [0.1, 0.15) is 129 Å². The molecule has 0 aliphatic heterocycles. The number of carbonyl (C=O) groups excluding carboxylic acids is 1. The lowest BCUT2D eigenvalue weighted by atomic mass is 9.97. The second kappa shape index (κ2) is 22.4. The average molecular weight is 425 g/mol. The van der Waals surface area contributed by atoms with Gasteiger partial charge in [0.15, 0.2) is 0 Å². The Morgan fingerprint density at radius 3 is 1.63 bits per heavy atom. The summed E-state index contributed by atoms with van der Waals surface area (Å²) in [5.74, 6) is -1.86. The largest absolute Gasteiger partial charge is 0.481 e. The van der Waals surface area contributed by atoms with E-state index in [1.807, 2.05) is 13.0 Å². The third-order valence-corrected chi connectivity index (χ3v) is 5.69. The quantitative estimate of drug-likeness (QED) is 0.103. The number of aliphatic carboxylic acids is 1. The lowest BCUT2D eigenvalue weighted by molar-refractivity contribution is -0.151. The molecule has 0 bridgehead atoms. The van der Waals surface area contributed by atoms with Gasteiger partial charge >= 0.3 is 11.9 Å². The van der Waals surface area contributed by atoms with Gasteiger partial charge in [0, 0.05) is 0 Å². The summed E-state index contributed by atoms with van der Waals surface area (Å²) in [5, 5.41) is 9.27. The Morgan fingerprint density at radius 2 is 1.23 bits per heavy atom. The molecule has 0 aromatic carbocycles. The van der Waals surface area contributed by atoms with Gasteiger partial charge in [0.25, 0.3) is 0 Å². The molecule has 1 atom stereocenters. The van der Waals surface area contributed by atoms with Gasteiger partial charge in [-0.2, -0.15) is 0 Å². The summed E-state index contributed by atoms with van der Waals surface area (Å²) in [5.41, 5.74) is 0. The van der Waals surface area contributed by atoms with E-state index in [4.69, 9.17) is 4.74 Å². The summed E-state index contributed by atoms with van der Waals surface area (Å²) < 4.78 is 5.00. The molecule has 30 heavy (non-hydrogen) atoms. The number of allylic oxidation sites excluding steroid dienone is 1. The molecular formula is C26H48O4. The fourth-order valence-electron chi connectivity index (χ4n) is 3.77. The Kier molecular flexibility index (Phi) is 21.4. The minimum absolute atomic E-state index is 0.00461. The number of rotatable bonds is 23. The van der Waals surface area contributed by atoms with Gasteiger partial charge in [-0.3, -0.25) is 9.59 Å². The first-order chi connectivity index (χ1) is 14.6. The summed E-state index contributed by atoms with van der Waals surface area (Å²) in [6.07, 6.45) is 23.8. The smallest absolute Gasteiger partial charge is 0.307 e. The predicted octanol–water partition coefficient (Wildman–Crippen LogP) is 7.85. The third-order valence-electron chi connectivity index (χ3n) is 5.69. The molecule has 4 nitrogen and oxygen atoms in total. The molecular weight excluding hydrogens is 376 g/mol. The maximum atomic E-state index is 11.6. The highest BCUT2D eigenvalue weighted by Gasteiger charge is 2.21. The van der Waals surface area contributed by atoms with Crippen LogP contribution < -0.4 is 0 Å². The van der Waals surface area contributed by atoms with Crippen LogP contribution in [0.15, 0.2) is 12.7 Å². The van der Waals surface area contributed by atoms with E-state index in [1.165, 1.54) is 89.9 Å². The second-order valence-corrected chi connectivity index (χ2v) is 8.63. The zero-order valence-corrected chi connectivity index (χ0v) is 19.7. The number of unbranched alkanes of at least 4 members (excludes halogenated alkanes) is 15. The Bertz CT molecular complexity index is 419. The summed E-state index contributed by atoms with van der Waals surface area (Å²) in [6.45, 7) is 6.07. The van der Waals surface area contributed by atoms with E-state index in [0.29, 0.717) is 13.0 Å². The van der Waals surface area contributed by atoms with E-state index >= 15 is 0 Å². The third kappa shape index (κ3) is 20.0. The van der Waals surface area contributed by atoms with E-state index in [9.17, 15) is 14.7 Å². The molecule has 0 saturated heterocycles. The minimum atomic E-state index is -0.879. The number of hydrogen-bond acceptors (Lipinski definition) is 3. The van der Waals surface area contributed by atoms with Gasteiger partial charge in [-0.15, -0.1) is 6.58 Å². The van der Waals surface area contributed by atoms with Crippen LogP contribution in [0.2, 0.25) is 0 Å². The van der Waals surface area contributed by atoms with Crippen molar-refractivity contribution in [2.75, 3.05) is 6.61 Å². The van der Waals surface area contributed by atoms with Crippen molar-refractivity contribution in [3.05, 3.63) is 12.7 Å². The van der Waals surface area contributed by atoms with Crippen molar-refractivity contribution in [3.8, 4) is 0 Å². The van der Waals surface area contributed by atoms with Crippen molar-refractivity contribution in [2.24, 2.45) is 5.92 Å². The Hall–Kier alpha value is -1.32. The monoisotopic (exact) mass is 424 g/mol. The van der Waals surface area contributed by atoms with E-state index in [2.05, 4.69) is 6.58 Å². The van der Waals surface area contributed by atoms with E-state index < -0.39 is 11.9 Å². The summed E-state index contributed by atoms with van der Waals surface area (Å²) in [4.78, 5) is 22.9. The van der Waals surface area contributed by atoms with Crippen LogP contribution in [0.4, 0.5) is 0 Å². The molecule has 0 aromatic rings. The van der Waals surface area contributed by atoms with Gasteiger partial charge in [0.05, 0.1) is 18.9 Å². The molecule has 0 spiro atoms. The van der Waals surface area contributed by atoms with E-state index in [1.54, 1.807) is 0 Å². The molecule has 0 aromatic heterocycles. The van der Waals surface area contributed by atoms with Gasteiger partial charge in [0.1, 0.15) is 0 Å². The zero-order chi connectivity index (χ0) is 22.3. The first kappa shape index (κ1) is 28.7. The maximum absolute atomic E-state index is 11.6. The molecule has 1 N–H and O–H groups in total. The molecule has 0 saturated carbocycles. The number of carboxylic acids is 1. The van der Waals surface area contributed by atoms with Crippen LogP contribution >= 0.6 is 0 Å². The van der Waals surface area contributed by atoms with Crippen molar-refractivity contribution >= 4 is 11.9 Å². The molecule has 0 fully saturated rings. The molecule has 0 radical (unpaired) electrons. The Labute approximate surface area is 185 Å². The average Bonchev–Trinajstić information content (AvgIpc) is 2.73. The number of carboxylic acid groups (broad SMARTS) is 1.